The molecule has 0 spiro atoms. The molecule has 0 unspecified atom stereocenters. The van der Waals surface area contributed by atoms with Crippen molar-refractivity contribution in [3.63, 3.8) is 0 Å². The molecule has 2 radical (unpaired) electrons. The highest BCUT2D eigenvalue weighted by Crippen LogP contribution is 2.34. The first-order valence-corrected chi connectivity index (χ1v) is 13.5. The topological polar surface area (TPSA) is 0 Å². The summed E-state index contributed by atoms with van der Waals surface area (Å²) in [5.74, 6) is 0. The molecule has 0 heterocycles. The summed E-state index contributed by atoms with van der Waals surface area (Å²) in [7, 11) is 0.661. The van der Waals surface area contributed by atoms with E-state index in [1.165, 1.54) is 60.8 Å². The molecule has 0 aliphatic heterocycles. The molecule has 0 saturated carbocycles. The number of hydrogen-bond acceptors (Lipinski definition) is 0. The van der Waals surface area contributed by atoms with Crippen molar-refractivity contribution in [3.8, 4) is 22.3 Å². The summed E-state index contributed by atoms with van der Waals surface area (Å²) < 4.78 is 0. The van der Waals surface area contributed by atoms with Gasteiger partial charge in [-0.25, -0.2) is 0 Å². The average molecular weight is 469 g/mol. The highest BCUT2D eigenvalue weighted by Gasteiger charge is 2.18. The molecule has 4 aromatic carbocycles. The first-order chi connectivity index (χ1) is 17.0. The van der Waals surface area contributed by atoms with E-state index in [4.69, 9.17) is 0 Å². The Morgan fingerprint density at radius 3 is 1.94 bits per heavy atom. The van der Waals surface area contributed by atoms with Crippen LogP contribution in [0.4, 0.5) is 0 Å². The van der Waals surface area contributed by atoms with Crippen molar-refractivity contribution in [1.29, 1.82) is 0 Å². The van der Waals surface area contributed by atoms with Gasteiger partial charge in [0.25, 0.3) is 0 Å². The van der Waals surface area contributed by atoms with Crippen LogP contribution in [0.5, 0.6) is 0 Å². The summed E-state index contributed by atoms with van der Waals surface area (Å²) >= 11 is 0. The molecule has 0 atom stereocenters. The Bertz CT molecular complexity index is 1400. The van der Waals surface area contributed by atoms with Crippen molar-refractivity contribution in [1.82, 2.24) is 0 Å². The average Bonchev–Trinajstić information content (AvgIpc) is 3.24. The first kappa shape index (κ1) is 23.3. The van der Waals surface area contributed by atoms with Gasteiger partial charge in [0, 0.05) is 0 Å². The number of hydrogen-bond donors (Lipinski definition) is 0. The minimum atomic E-state index is 0.661. The second-order valence-electron chi connectivity index (χ2n) is 9.88. The second kappa shape index (κ2) is 10.1. The van der Waals surface area contributed by atoms with Crippen molar-refractivity contribution in [2.45, 2.75) is 40.5 Å². The van der Waals surface area contributed by atoms with Crippen LogP contribution < -0.4 is 5.19 Å². The van der Waals surface area contributed by atoms with Gasteiger partial charge in [-0.1, -0.05) is 130 Å². The molecule has 0 fully saturated rings. The summed E-state index contributed by atoms with van der Waals surface area (Å²) in [5, 5.41) is 3.01. The third kappa shape index (κ3) is 5.31. The minimum absolute atomic E-state index is 0.661. The molecule has 1 aliphatic carbocycles. The standard InChI is InChI=1S/C34H32Si/c1-23-16-24(2)19-29(18-23)31-13-9-15-33(34(31)30-20-25(3)17-26(4)21-30)35-32-14-8-12-28(32)22-27-10-6-5-7-11-27/h5-13,15-21H,14,22H2,1-4H3. The van der Waals surface area contributed by atoms with Gasteiger partial charge in [0.1, 0.15) is 9.52 Å². The Morgan fingerprint density at radius 2 is 1.29 bits per heavy atom. The van der Waals surface area contributed by atoms with E-state index in [1.807, 2.05) is 0 Å². The smallest absolute Gasteiger partial charge is 0.0806 e. The van der Waals surface area contributed by atoms with Crippen LogP contribution in [0.3, 0.4) is 0 Å². The lowest BCUT2D eigenvalue weighted by Crippen LogP contribution is -2.20. The maximum atomic E-state index is 2.36. The molecule has 1 heteroatoms. The van der Waals surface area contributed by atoms with Crippen molar-refractivity contribution in [3.05, 3.63) is 136 Å². The molecule has 4 aromatic rings. The van der Waals surface area contributed by atoms with Crippen LogP contribution in [0.15, 0.2) is 108 Å². The fourth-order valence-corrected chi connectivity index (χ4v) is 6.74. The molecule has 172 valence electrons. The Kier molecular flexibility index (Phi) is 6.70. The molecule has 0 bridgehead atoms. The van der Waals surface area contributed by atoms with Gasteiger partial charge in [-0.2, -0.15) is 0 Å². The van der Waals surface area contributed by atoms with E-state index in [2.05, 4.69) is 125 Å². The van der Waals surface area contributed by atoms with Gasteiger partial charge < -0.3 is 0 Å². The lowest BCUT2D eigenvalue weighted by atomic mass is 9.91. The van der Waals surface area contributed by atoms with E-state index in [0.29, 0.717) is 9.52 Å². The Hall–Kier alpha value is -3.42. The number of benzene rings is 4. The van der Waals surface area contributed by atoms with E-state index < -0.39 is 0 Å². The molecule has 0 amide bonds. The summed E-state index contributed by atoms with van der Waals surface area (Å²) in [5.41, 5.74) is 13.5. The van der Waals surface area contributed by atoms with Crippen LogP contribution in [0.1, 0.15) is 34.2 Å². The zero-order valence-corrected chi connectivity index (χ0v) is 22.2. The first-order valence-electron chi connectivity index (χ1n) is 12.5. The van der Waals surface area contributed by atoms with Gasteiger partial charge in [0.05, 0.1) is 0 Å². The SMILES string of the molecule is Cc1cc(C)cc(-c2cccc([Si]C3=C(Cc4ccccc4)C=CC3)c2-c2cc(C)cc(C)c2)c1. The van der Waals surface area contributed by atoms with Gasteiger partial charge in [-0.3, -0.25) is 0 Å². The third-order valence-electron chi connectivity index (χ3n) is 6.66. The summed E-state index contributed by atoms with van der Waals surface area (Å²) in [6.07, 6.45) is 6.75. The van der Waals surface area contributed by atoms with Crippen molar-refractivity contribution in [2.24, 2.45) is 0 Å². The molecule has 5 rings (SSSR count). The number of allylic oxidation sites excluding steroid dienone is 4. The van der Waals surface area contributed by atoms with Crippen LogP contribution in [0, 0.1) is 27.7 Å². The fourth-order valence-electron chi connectivity index (χ4n) is 5.28. The monoisotopic (exact) mass is 468 g/mol. The lowest BCUT2D eigenvalue weighted by Gasteiger charge is -2.18. The van der Waals surface area contributed by atoms with Gasteiger partial charge in [-0.15, -0.1) is 0 Å². The predicted octanol–water partition coefficient (Wildman–Crippen LogP) is 8.04. The van der Waals surface area contributed by atoms with Crippen molar-refractivity contribution in [2.75, 3.05) is 0 Å². The van der Waals surface area contributed by atoms with Crippen molar-refractivity contribution >= 4 is 14.7 Å². The molecule has 0 aromatic heterocycles. The number of rotatable bonds is 6. The maximum Gasteiger partial charge on any atom is 0.117 e. The fraction of sp³-hybridized carbons (Fsp3) is 0.176. The Morgan fingerprint density at radius 1 is 0.657 bits per heavy atom. The van der Waals surface area contributed by atoms with Crippen LogP contribution in [0.25, 0.3) is 22.3 Å². The molecular weight excluding hydrogens is 436 g/mol. The third-order valence-corrected chi connectivity index (χ3v) is 8.17. The van der Waals surface area contributed by atoms with Gasteiger partial charge in [0.15, 0.2) is 0 Å². The van der Waals surface area contributed by atoms with E-state index in [0.717, 1.165) is 12.8 Å². The van der Waals surface area contributed by atoms with E-state index in [-0.39, 0.29) is 0 Å². The quantitative estimate of drug-likeness (QED) is 0.251. The zero-order chi connectivity index (χ0) is 24.4. The Balaban J connectivity index is 1.64. The van der Waals surface area contributed by atoms with Crippen LogP contribution in [0.2, 0.25) is 0 Å². The van der Waals surface area contributed by atoms with E-state index >= 15 is 0 Å². The van der Waals surface area contributed by atoms with E-state index in [1.54, 1.807) is 5.20 Å². The highest BCUT2D eigenvalue weighted by molar-refractivity contribution is 6.63. The van der Waals surface area contributed by atoms with Gasteiger partial charge in [0.2, 0.25) is 0 Å². The normalized spacial score (nSPS) is 13.0. The predicted molar refractivity (Wildman–Crippen MR) is 153 cm³/mol. The van der Waals surface area contributed by atoms with Crippen LogP contribution in [-0.4, -0.2) is 9.52 Å². The van der Waals surface area contributed by atoms with Gasteiger partial charge >= 0.3 is 0 Å². The summed E-state index contributed by atoms with van der Waals surface area (Å²) in [6.45, 7) is 8.81. The van der Waals surface area contributed by atoms with Gasteiger partial charge in [-0.05, 0) is 73.9 Å². The largest absolute Gasteiger partial charge is 0.117 e. The van der Waals surface area contributed by atoms with Crippen LogP contribution in [-0.2, 0) is 6.42 Å². The molecule has 1 aliphatic rings. The second-order valence-corrected chi connectivity index (χ2v) is 11.3. The van der Waals surface area contributed by atoms with Crippen LogP contribution >= 0.6 is 0 Å². The highest BCUT2D eigenvalue weighted by atomic mass is 28.2. The van der Waals surface area contributed by atoms with Crippen molar-refractivity contribution < 1.29 is 0 Å². The summed E-state index contributed by atoms with van der Waals surface area (Å²) in [4.78, 5) is 0. The van der Waals surface area contributed by atoms with E-state index in [9.17, 15) is 0 Å². The number of aryl methyl sites for hydroxylation is 4. The Labute approximate surface area is 212 Å². The molecule has 0 N–H and O–H groups in total. The zero-order valence-electron chi connectivity index (χ0n) is 21.2. The minimum Gasteiger partial charge on any atom is -0.0806 e. The molecule has 35 heavy (non-hydrogen) atoms. The molecule has 0 saturated heterocycles. The molecular formula is C34H32Si. The lowest BCUT2D eigenvalue weighted by molar-refractivity contribution is 1.19. The molecule has 0 nitrogen and oxygen atoms in total. The summed E-state index contributed by atoms with van der Waals surface area (Å²) in [6, 6.07) is 31.7. The maximum absolute atomic E-state index is 2.36.